The van der Waals surface area contributed by atoms with Gasteiger partial charge in [0.25, 0.3) is 0 Å². The van der Waals surface area contributed by atoms with E-state index in [1.165, 1.54) is 6.42 Å². The van der Waals surface area contributed by atoms with Gasteiger partial charge in [-0.15, -0.1) is 0 Å². The lowest BCUT2D eigenvalue weighted by Gasteiger charge is -2.44. The van der Waals surface area contributed by atoms with Crippen LogP contribution in [0.25, 0.3) is 0 Å². The molecular formula is C11H19NO. The van der Waals surface area contributed by atoms with Crippen LogP contribution < -0.4 is 5.32 Å². The first-order valence-electron chi connectivity index (χ1n) is 5.22. The van der Waals surface area contributed by atoms with E-state index in [1.807, 2.05) is 0 Å². The molecule has 74 valence electrons. The lowest BCUT2D eigenvalue weighted by atomic mass is 9.64. The highest BCUT2D eigenvalue weighted by Crippen LogP contribution is 2.54. The van der Waals surface area contributed by atoms with Crippen LogP contribution in [-0.2, 0) is 4.79 Å². The van der Waals surface area contributed by atoms with Crippen molar-refractivity contribution in [2.45, 2.75) is 40.0 Å². The van der Waals surface area contributed by atoms with Gasteiger partial charge in [0.1, 0.15) is 0 Å². The Kier molecular flexibility index (Phi) is 1.73. The van der Waals surface area contributed by atoms with Crippen molar-refractivity contribution < 1.29 is 4.79 Å². The summed E-state index contributed by atoms with van der Waals surface area (Å²) in [7, 11) is 0. The molecule has 1 saturated heterocycles. The quantitative estimate of drug-likeness (QED) is 0.608. The molecule has 1 amide bonds. The van der Waals surface area contributed by atoms with E-state index in [-0.39, 0.29) is 5.91 Å². The molecule has 0 spiro atoms. The number of carbonyl (C=O) groups is 1. The fourth-order valence-corrected chi connectivity index (χ4v) is 2.86. The summed E-state index contributed by atoms with van der Waals surface area (Å²) in [6.45, 7) is 7.79. The van der Waals surface area contributed by atoms with Gasteiger partial charge in [0.05, 0.1) is 0 Å². The van der Waals surface area contributed by atoms with Crippen molar-refractivity contribution in [1.82, 2.24) is 5.32 Å². The molecule has 1 aliphatic heterocycles. The molecule has 1 saturated carbocycles. The zero-order chi connectivity index (χ0) is 9.69. The fourth-order valence-electron chi connectivity index (χ4n) is 2.86. The molecule has 2 aliphatic rings. The van der Waals surface area contributed by atoms with Gasteiger partial charge in [0.15, 0.2) is 0 Å². The Labute approximate surface area is 80.1 Å². The van der Waals surface area contributed by atoms with Gasteiger partial charge in [0, 0.05) is 12.5 Å². The molecule has 2 fully saturated rings. The third kappa shape index (κ3) is 1.18. The predicted molar refractivity (Wildman–Crippen MR) is 52.2 cm³/mol. The molecule has 0 aromatic heterocycles. The Morgan fingerprint density at radius 1 is 1.46 bits per heavy atom. The van der Waals surface area contributed by atoms with E-state index >= 15 is 0 Å². The maximum atomic E-state index is 11.4. The van der Waals surface area contributed by atoms with Gasteiger partial charge in [-0.3, -0.25) is 4.79 Å². The van der Waals surface area contributed by atoms with E-state index < -0.39 is 0 Å². The van der Waals surface area contributed by atoms with Crippen molar-refractivity contribution in [2.75, 3.05) is 6.54 Å². The minimum Gasteiger partial charge on any atom is -0.355 e. The van der Waals surface area contributed by atoms with E-state index in [1.54, 1.807) is 0 Å². The van der Waals surface area contributed by atoms with Crippen LogP contribution in [0.4, 0.5) is 0 Å². The standard InChI is InChI=1S/C11H19NO/c1-10(2,3)11-5-4-8(6-11)9(13)12-7-11/h8H,4-7H2,1-3H3,(H,12,13). The molecule has 13 heavy (non-hydrogen) atoms. The molecule has 0 aromatic rings. The van der Waals surface area contributed by atoms with Crippen LogP contribution in [0.15, 0.2) is 0 Å². The molecular weight excluding hydrogens is 162 g/mol. The normalized spacial score (nSPS) is 39.0. The van der Waals surface area contributed by atoms with Crippen molar-refractivity contribution in [3.05, 3.63) is 0 Å². The third-order valence-corrected chi connectivity index (χ3v) is 4.17. The van der Waals surface area contributed by atoms with Gasteiger partial charge in [-0.1, -0.05) is 20.8 Å². The molecule has 1 heterocycles. The van der Waals surface area contributed by atoms with Crippen LogP contribution in [0.1, 0.15) is 40.0 Å². The predicted octanol–water partition coefficient (Wildman–Crippen LogP) is 1.95. The summed E-state index contributed by atoms with van der Waals surface area (Å²) in [5.74, 6) is 0.602. The van der Waals surface area contributed by atoms with Gasteiger partial charge < -0.3 is 5.32 Å². The van der Waals surface area contributed by atoms with E-state index in [9.17, 15) is 4.79 Å². The van der Waals surface area contributed by atoms with Gasteiger partial charge in [-0.25, -0.2) is 0 Å². The Morgan fingerprint density at radius 2 is 2.15 bits per heavy atom. The smallest absolute Gasteiger partial charge is 0.223 e. The van der Waals surface area contributed by atoms with Crippen molar-refractivity contribution in [2.24, 2.45) is 16.7 Å². The van der Waals surface area contributed by atoms with E-state index in [4.69, 9.17) is 0 Å². The summed E-state index contributed by atoms with van der Waals surface area (Å²) in [6.07, 6.45) is 3.44. The average molecular weight is 181 g/mol. The first kappa shape index (κ1) is 9.04. The number of piperidine rings is 1. The van der Waals surface area contributed by atoms with E-state index in [0.29, 0.717) is 16.7 Å². The molecule has 0 radical (unpaired) electrons. The van der Waals surface area contributed by atoms with Gasteiger partial charge in [-0.05, 0) is 30.1 Å². The lowest BCUT2D eigenvalue weighted by molar-refractivity contribution is -0.128. The second-order valence-electron chi connectivity index (χ2n) is 5.69. The molecule has 2 atom stereocenters. The third-order valence-electron chi connectivity index (χ3n) is 4.17. The minimum absolute atomic E-state index is 0.289. The van der Waals surface area contributed by atoms with Crippen LogP contribution >= 0.6 is 0 Å². The van der Waals surface area contributed by atoms with Crippen LogP contribution in [0.2, 0.25) is 0 Å². The van der Waals surface area contributed by atoms with Crippen molar-refractivity contribution >= 4 is 5.91 Å². The summed E-state index contributed by atoms with van der Waals surface area (Å²) in [4.78, 5) is 11.4. The molecule has 2 bridgehead atoms. The summed E-state index contributed by atoms with van der Waals surface area (Å²) in [5, 5.41) is 3.05. The van der Waals surface area contributed by atoms with Gasteiger partial charge in [-0.2, -0.15) is 0 Å². The first-order chi connectivity index (χ1) is 5.95. The first-order valence-corrected chi connectivity index (χ1v) is 5.22. The molecule has 2 nitrogen and oxygen atoms in total. The number of rotatable bonds is 0. The highest BCUT2D eigenvalue weighted by molar-refractivity contribution is 5.80. The van der Waals surface area contributed by atoms with Crippen molar-refractivity contribution in [3.63, 3.8) is 0 Å². The van der Waals surface area contributed by atoms with Crippen LogP contribution in [0.5, 0.6) is 0 Å². The minimum atomic E-state index is 0.289. The lowest BCUT2D eigenvalue weighted by Crippen LogP contribution is -2.49. The summed E-state index contributed by atoms with van der Waals surface area (Å²) >= 11 is 0. The number of carbonyl (C=O) groups excluding carboxylic acids is 1. The molecule has 2 heteroatoms. The van der Waals surface area contributed by atoms with Crippen LogP contribution in [0.3, 0.4) is 0 Å². The summed E-state index contributed by atoms with van der Waals surface area (Å²) in [5.41, 5.74) is 0.709. The second-order valence-corrected chi connectivity index (χ2v) is 5.69. The number of nitrogens with one attached hydrogen (secondary N) is 1. The van der Waals surface area contributed by atoms with Gasteiger partial charge in [0.2, 0.25) is 5.91 Å². The van der Waals surface area contributed by atoms with E-state index in [2.05, 4.69) is 26.1 Å². The van der Waals surface area contributed by atoms with Crippen molar-refractivity contribution in [1.29, 1.82) is 0 Å². The number of amides is 1. The summed E-state index contributed by atoms with van der Waals surface area (Å²) in [6, 6.07) is 0. The van der Waals surface area contributed by atoms with Gasteiger partial charge >= 0.3 is 0 Å². The molecule has 2 unspecified atom stereocenters. The van der Waals surface area contributed by atoms with Crippen LogP contribution in [-0.4, -0.2) is 12.5 Å². The average Bonchev–Trinajstić information content (AvgIpc) is 2.38. The highest BCUT2D eigenvalue weighted by atomic mass is 16.2. The maximum absolute atomic E-state index is 11.4. The number of hydrogen-bond acceptors (Lipinski definition) is 1. The monoisotopic (exact) mass is 181 g/mol. The second kappa shape index (κ2) is 2.49. The zero-order valence-electron chi connectivity index (χ0n) is 8.81. The molecule has 1 N–H and O–H groups in total. The Hall–Kier alpha value is -0.530. The SMILES string of the molecule is CC(C)(C)C12CCC(C1)C(=O)NC2. The molecule has 2 rings (SSSR count). The molecule has 1 aliphatic carbocycles. The number of hydrogen-bond donors (Lipinski definition) is 1. The Balaban J connectivity index is 2.24. The topological polar surface area (TPSA) is 29.1 Å². The van der Waals surface area contributed by atoms with E-state index in [0.717, 1.165) is 19.4 Å². The fraction of sp³-hybridized carbons (Fsp3) is 0.909. The highest BCUT2D eigenvalue weighted by Gasteiger charge is 2.51. The maximum Gasteiger partial charge on any atom is 0.223 e. The zero-order valence-corrected chi connectivity index (χ0v) is 8.81. The summed E-state index contributed by atoms with van der Waals surface area (Å²) < 4.78 is 0. The largest absolute Gasteiger partial charge is 0.355 e. The molecule has 0 aromatic carbocycles. The van der Waals surface area contributed by atoms with Crippen molar-refractivity contribution in [3.8, 4) is 0 Å². The number of fused-ring (bicyclic) bond motifs is 2. The Morgan fingerprint density at radius 3 is 2.77 bits per heavy atom. The Bertz CT molecular complexity index is 241. The van der Waals surface area contributed by atoms with Crippen LogP contribution in [0, 0.1) is 16.7 Å².